The number of aryl methyl sites for hydroxylation is 1. The molecule has 0 aliphatic carbocycles. The standard InChI is InChI=1S/C12H12ClN3O/c1-7-8(2)15-16-11(7)14-12(17)9-3-5-10(13)6-4-9/h3-6H,1-2H3,(H2,14,15,16,17). The molecule has 2 aromatic rings. The summed E-state index contributed by atoms with van der Waals surface area (Å²) in [5.74, 6) is 0.360. The number of H-pyrrole nitrogens is 1. The molecule has 0 bridgehead atoms. The van der Waals surface area contributed by atoms with E-state index < -0.39 is 0 Å². The van der Waals surface area contributed by atoms with Crippen molar-refractivity contribution in [3.05, 3.63) is 46.1 Å². The van der Waals surface area contributed by atoms with Crippen LogP contribution >= 0.6 is 11.6 Å². The maximum atomic E-state index is 11.9. The summed E-state index contributed by atoms with van der Waals surface area (Å²) in [6.45, 7) is 3.80. The second-order valence-electron chi connectivity index (χ2n) is 3.78. The van der Waals surface area contributed by atoms with Gasteiger partial charge in [-0.15, -0.1) is 0 Å². The fourth-order valence-electron chi connectivity index (χ4n) is 1.39. The molecule has 0 saturated carbocycles. The Labute approximate surface area is 104 Å². The summed E-state index contributed by atoms with van der Waals surface area (Å²) in [4.78, 5) is 11.9. The lowest BCUT2D eigenvalue weighted by Gasteiger charge is -2.03. The van der Waals surface area contributed by atoms with E-state index in [2.05, 4.69) is 15.5 Å². The molecule has 0 aliphatic rings. The van der Waals surface area contributed by atoms with E-state index in [0.717, 1.165) is 11.3 Å². The highest BCUT2D eigenvalue weighted by molar-refractivity contribution is 6.30. The largest absolute Gasteiger partial charge is 0.305 e. The van der Waals surface area contributed by atoms with E-state index in [1.165, 1.54) is 0 Å². The third kappa shape index (κ3) is 2.47. The predicted octanol–water partition coefficient (Wildman–Crippen LogP) is 2.93. The molecule has 0 saturated heterocycles. The molecule has 4 nitrogen and oxygen atoms in total. The van der Waals surface area contributed by atoms with Gasteiger partial charge in [0.15, 0.2) is 5.82 Å². The van der Waals surface area contributed by atoms with Gasteiger partial charge in [0.2, 0.25) is 0 Å². The lowest BCUT2D eigenvalue weighted by molar-refractivity contribution is 0.102. The first kappa shape index (κ1) is 11.7. The van der Waals surface area contributed by atoms with Crippen LogP contribution in [0.25, 0.3) is 0 Å². The second kappa shape index (κ2) is 4.59. The highest BCUT2D eigenvalue weighted by Gasteiger charge is 2.10. The molecule has 1 amide bonds. The van der Waals surface area contributed by atoms with Gasteiger partial charge < -0.3 is 5.32 Å². The molecule has 1 aromatic heterocycles. The van der Waals surface area contributed by atoms with Crippen molar-refractivity contribution < 1.29 is 4.79 Å². The van der Waals surface area contributed by atoms with Crippen LogP contribution < -0.4 is 5.32 Å². The van der Waals surface area contributed by atoms with E-state index >= 15 is 0 Å². The van der Waals surface area contributed by atoms with Crippen LogP contribution in [0, 0.1) is 13.8 Å². The Kier molecular flexibility index (Phi) is 3.15. The molecule has 1 heterocycles. The lowest BCUT2D eigenvalue weighted by atomic mass is 10.2. The first-order valence-corrected chi connectivity index (χ1v) is 5.54. The zero-order valence-electron chi connectivity index (χ0n) is 9.54. The fraction of sp³-hybridized carbons (Fsp3) is 0.167. The predicted molar refractivity (Wildman–Crippen MR) is 67.5 cm³/mol. The SMILES string of the molecule is Cc1[nH]nc(NC(=O)c2ccc(Cl)cc2)c1C. The van der Waals surface area contributed by atoms with Crippen molar-refractivity contribution in [1.82, 2.24) is 10.2 Å². The number of nitrogens with one attached hydrogen (secondary N) is 2. The van der Waals surface area contributed by atoms with Gasteiger partial charge in [-0.2, -0.15) is 5.10 Å². The van der Waals surface area contributed by atoms with Crippen molar-refractivity contribution in [2.45, 2.75) is 13.8 Å². The third-order valence-corrected chi connectivity index (χ3v) is 2.84. The summed E-state index contributed by atoms with van der Waals surface area (Å²) < 4.78 is 0. The number of hydrogen-bond donors (Lipinski definition) is 2. The minimum Gasteiger partial charge on any atom is -0.305 e. The average molecular weight is 250 g/mol. The number of carbonyl (C=O) groups excluding carboxylic acids is 1. The number of nitrogens with zero attached hydrogens (tertiary/aromatic N) is 1. The monoisotopic (exact) mass is 249 g/mol. The minimum absolute atomic E-state index is 0.198. The highest BCUT2D eigenvalue weighted by atomic mass is 35.5. The summed E-state index contributed by atoms with van der Waals surface area (Å²) in [6, 6.07) is 6.71. The summed E-state index contributed by atoms with van der Waals surface area (Å²) in [7, 11) is 0. The number of hydrogen-bond acceptors (Lipinski definition) is 2. The van der Waals surface area contributed by atoms with Crippen LogP contribution in [0.5, 0.6) is 0 Å². The molecule has 0 atom stereocenters. The average Bonchev–Trinajstić information content (AvgIpc) is 2.62. The second-order valence-corrected chi connectivity index (χ2v) is 4.22. The lowest BCUT2D eigenvalue weighted by Crippen LogP contribution is -2.12. The summed E-state index contributed by atoms with van der Waals surface area (Å²) >= 11 is 5.76. The molecule has 88 valence electrons. The van der Waals surface area contributed by atoms with Gasteiger partial charge in [-0.25, -0.2) is 0 Å². The van der Waals surface area contributed by atoms with E-state index in [9.17, 15) is 4.79 Å². The number of halogens is 1. The molecule has 0 unspecified atom stereocenters. The van der Waals surface area contributed by atoms with Crippen LogP contribution in [0.4, 0.5) is 5.82 Å². The zero-order chi connectivity index (χ0) is 12.4. The smallest absolute Gasteiger partial charge is 0.256 e. The highest BCUT2D eigenvalue weighted by Crippen LogP contribution is 2.16. The number of amides is 1. The van der Waals surface area contributed by atoms with Crippen molar-refractivity contribution in [2.75, 3.05) is 5.32 Å². The number of rotatable bonds is 2. The maximum absolute atomic E-state index is 11.9. The Balaban J connectivity index is 2.17. The molecule has 0 fully saturated rings. The van der Waals surface area contributed by atoms with Gasteiger partial charge in [0.05, 0.1) is 0 Å². The van der Waals surface area contributed by atoms with E-state index in [1.54, 1.807) is 24.3 Å². The van der Waals surface area contributed by atoms with Gasteiger partial charge >= 0.3 is 0 Å². The van der Waals surface area contributed by atoms with Gasteiger partial charge in [-0.1, -0.05) is 11.6 Å². The van der Waals surface area contributed by atoms with Gasteiger partial charge in [0, 0.05) is 21.8 Å². The molecule has 2 N–H and O–H groups in total. The number of anilines is 1. The van der Waals surface area contributed by atoms with Gasteiger partial charge in [-0.05, 0) is 38.1 Å². The van der Waals surface area contributed by atoms with Gasteiger partial charge in [0.1, 0.15) is 0 Å². The Morgan fingerprint density at radius 2 is 1.94 bits per heavy atom. The summed E-state index contributed by atoms with van der Waals surface area (Å²) in [6.07, 6.45) is 0. The van der Waals surface area contributed by atoms with E-state index in [1.807, 2.05) is 13.8 Å². The number of carbonyl (C=O) groups is 1. The molecule has 2 rings (SSSR count). The Morgan fingerprint density at radius 1 is 1.29 bits per heavy atom. The zero-order valence-corrected chi connectivity index (χ0v) is 10.3. The number of aromatic amines is 1. The molecule has 1 aromatic carbocycles. The first-order valence-electron chi connectivity index (χ1n) is 5.16. The van der Waals surface area contributed by atoms with Crippen LogP contribution in [0.2, 0.25) is 5.02 Å². The van der Waals surface area contributed by atoms with Gasteiger partial charge in [-0.3, -0.25) is 9.89 Å². The fourth-order valence-corrected chi connectivity index (χ4v) is 1.51. The quantitative estimate of drug-likeness (QED) is 0.860. The van der Waals surface area contributed by atoms with Crippen LogP contribution in [0.15, 0.2) is 24.3 Å². The maximum Gasteiger partial charge on any atom is 0.256 e. The van der Waals surface area contributed by atoms with Crippen molar-refractivity contribution in [3.8, 4) is 0 Å². The molecule has 0 radical (unpaired) electrons. The summed E-state index contributed by atoms with van der Waals surface area (Å²) in [5.41, 5.74) is 2.43. The number of aromatic nitrogens is 2. The van der Waals surface area contributed by atoms with E-state index in [0.29, 0.717) is 16.4 Å². The Bertz CT molecular complexity index is 545. The van der Waals surface area contributed by atoms with Crippen molar-refractivity contribution >= 4 is 23.3 Å². The van der Waals surface area contributed by atoms with Crippen LogP contribution in [-0.4, -0.2) is 16.1 Å². The van der Waals surface area contributed by atoms with E-state index in [4.69, 9.17) is 11.6 Å². The molecule has 0 aliphatic heterocycles. The minimum atomic E-state index is -0.198. The van der Waals surface area contributed by atoms with Crippen LogP contribution in [0.1, 0.15) is 21.6 Å². The van der Waals surface area contributed by atoms with Crippen molar-refractivity contribution in [3.63, 3.8) is 0 Å². The molecular weight excluding hydrogens is 238 g/mol. The summed E-state index contributed by atoms with van der Waals surface area (Å²) in [5, 5.41) is 10.2. The molecule has 0 spiro atoms. The third-order valence-electron chi connectivity index (χ3n) is 2.59. The van der Waals surface area contributed by atoms with Crippen molar-refractivity contribution in [2.24, 2.45) is 0 Å². The van der Waals surface area contributed by atoms with Crippen molar-refractivity contribution in [1.29, 1.82) is 0 Å². The molecular formula is C12H12ClN3O. The van der Waals surface area contributed by atoms with Crippen LogP contribution in [-0.2, 0) is 0 Å². The Morgan fingerprint density at radius 3 is 2.47 bits per heavy atom. The van der Waals surface area contributed by atoms with Crippen LogP contribution in [0.3, 0.4) is 0 Å². The number of benzene rings is 1. The first-order chi connectivity index (χ1) is 8.08. The van der Waals surface area contributed by atoms with E-state index in [-0.39, 0.29) is 5.91 Å². The molecule has 17 heavy (non-hydrogen) atoms. The normalized spacial score (nSPS) is 10.3. The topological polar surface area (TPSA) is 57.8 Å². The Hall–Kier alpha value is -1.81. The molecule has 5 heteroatoms. The van der Waals surface area contributed by atoms with Gasteiger partial charge in [0.25, 0.3) is 5.91 Å².